The van der Waals surface area contributed by atoms with E-state index in [0.29, 0.717) is 12.5 Å². The Morgan fingerprint density at radius 3 is 2.78 bits per heavy atom. The summed E-state index contributed by atoms with van der Waals surface area (Å²) in [6.07, 6.45) is 4.28. The number of nitrogens with one attached hydrogen (secondary N) is 1. The lowest BCUT2D eigenvalue weighted by atomic mass is 9.74. The third kappa shape index (κ3) is 2.86. The summed E-state index contributed by atoms with van der Waals surface area (Å²) in [7, 11) is 0. The molecule has 2 fully saturated rings. The molecule has 18 heavy (non-hydrogen) atoms. The van der Waals surface area contributed by atoms with Crippen LogP contribution in [0.4, 0.5) is 0 Å². The van der Waals surface area contributed by atoms with Gasteiger partial charge in [-0.05, 0) is 39.3 Å². The zero-order chi connectivity index (χ0) is 13.0. The Hall–Kier alpha value is -0.610. The topological polar surface area (TPSA) is 41.6 Å². The summed E-state index contributed by atoms with van der Waals surface area (Å²) in [5, 5.41) is 3.37. The van der Waals surface area contributed by atoms with Crippen molar-refractivity contribution in [1.29, 1.82) is 0 Å². The highest BCUT2D eigenvalue weighted by Gasteiger charge is 2.41. The molecule has 0 aromatic heterocycles. The van der Waals surface area contributed by atoms with E-state index < -0.39 is 0 Å². The number of carbonyl (C=O) groups is 1. The quantitative estimate of drug-likeness (QED) is 0.828. The summed E-state index contributed by atoms with van der Waals surface area (Å²) in [6.45, 7) is 8.40. The summed E-state index contributed by atoms with van der Waals surface area (Å²) in [5.74, 6) is 0.376. The molecule has 2 rings (SSSR count). The van der Waals surface area contributed by atoms with Crippen LogP contribution < -0.4 is 5.32 Å². The SMILES string of the molecule is CCCC1(C(=O)N2CCOC(C)C2)CCNCC1. The maximum absolute atomic E-state index is 12.9. The molecule has 0 aromatic carbocycles. The van der Waals surface area contributed by atoms with Gasteiger partial charge in [0.05, 0.1) is 18.1 Å². The minimum Gasteiger partial charge on any atom is -0.375 e. The van der Waals surface area contributed by atoms with Crippen molar-refractivity contribution in [2.75, 3.05) is 32.8 Å². The first kappa shape index (κ1) is 13.8. The molecule has 4 nitrogen and oxygen atoms in total. The van der Waals surface area contributed by atoms with Gasteiger partial charge < -0.3 is 15.0 Å². The number of morpholine rings is 1. The fourth-order valence-corrected chi connectivity index (χ4v) is 3.29. The minimum atomic E-state index is -0.100. The predicted octanol–water partition coefficient (Wildman–Crippen LogP) is 1.40. The van der Waals surface area contributed by atoms with Crippen molar-refractivity contribution in [2.45, 2.75) is 45.6 Å². The second-order valence-corrected chi connectivity index (χ2v) is 5.71. The van der Waals surface area contributed by atoms with Gasteiger partial charge in [0.1, 0.15) is 0 Å². The fraction of sp³-hybridized carbons (Fsp3) is 0.929. The molecule has 104 valence electrons. The van der Waals surface area contributed by atoms with Crippen LogP contribution in [0, 0.1) is 5.41 Å². The molecule has 1 unspecified atom stereocenters. The normalized spacial score (nSPS) is 28.1. The van der Waals surface area contributed by atoms with Crippen LogP contribution in [-0.4, -0.2) is 49.7 Å². The summed E-state index contributed by atoms with van der Waals surface area (Å²) in [5.41, 5.74) is -0.100. The average molecular weight is 254 g/mol. The van der Waals surface area contributed by atoms with E-state index in [1.54, 1.807) is 0 Å². The van der Waals surface area contributed by atoms with Gasteiger partial charge in [-0.2, -0.15) is 0 Å². The van der Waals surface area contributed by atoms with Gasteiger partial charge >= 0.3 is 0 Å². The molecular weight excluding hydrogens is 228 g/mol. The van der Waals surface area contributed by atoms with Gasteiger partial charge in [-0.25, -0.2) is 0 Å². The van der Waals surface area contributed by atoms with Crippen LogP contribution in [0.3, 0.4) is 0 Å². The number of hydrogen-bond acceptors (Lipinski definition) is 3. The molecular formula is C14H26N2O2. The third-order valence-electron chi connectivity index (χ3n) is 4.27. The van der Waals surface area contributed by atoms with E-state index in [2.05, 4.69) is 12.2 Å². The highest BCUT2D eigenvalue weighted by atomic mass is 16.5. The van der Waals surface area contributed by atoms with Gasteiger partial charge in [0, 0.05) is 13.1 Å². The standard InChI is InChI=1S/C14H26N2O2/c1-3-4-14(5-7-15-8-6-14)13(17)16-9-10-18-12(2)11-16/h12,15H,3-11H2,1-2H3. The van der Waals surface area contributed by atoms with Gasteiger partial charge in [-0.1, -0.05) is 13.3 Å². The zero-order valence-electron chi connectivity index (χ0n) is 11.7. The molecule has 2 aliphatic rings. The highest BCUT2D eigenvalue weighted by molar-refractivity contribution is 5.83. The lowest BCUT2D eigenvalue weighted by Crippen LogP contribution is -2.53. The van der Waals surface area contributed by atoms with Gasteiger partial charge in [-0.3, -0.25) is 4.79 Å². The summed E-state index contributed by atoms with van der Waals surface area (Å²) in [4.78, 5) is 14.9. The molecule has 0 aliphatic carbocycles. The van der Waals surface area contributed by atoms with Crippen LogP contribution in [-0.2, 0) is 9.53 Å². The van der Waals surface area contributed by atoms with Gasteiger partial charge in [0.15, 0.2) is 0 Å². The predicted molar refractivity (Wildman–Crippen MR) is 71.4 cm³/mol. The van der Waals surface area contributed by atoms with Crippen molar-refractivity contribution < 1.29 is 9.53 Å². The Kier molecular flexibility index (Phi) is 4.62. The van der Waals surface area contributed by atoms with Crippen molar-refractivity contribution >= 4 is 5.91 Å². The molecule has 1 amide bonds. The summed E-state index contributed by atoms with van der Waals surface area (Å²) < 4.78 is 5.53. The number of carbonyl (C=O) groups excluding carboxylic acids is 1. The maximum atomic E-state index is 12.9. The monoisotopic (exact) mass is 254 g/mol. The van der Waals surface area contributed by atoms with E-state index in [-0.39, 0.29) is 11.5 Å². The van der Waals surface area contributed by atoms with E-state index >= 15 is 0 Å². The molecule has 4 heteroatoms. The van der Waals surface area contributed by atoms with Gasteiger partial charge in [0.2, 0.25) is 5.91 Å². The highest BCUT2D eigenvalue weighted by Crippen LogP contribution is 2.36. The van der Waals surface area contributed by atoms with Crippen molar-refractivity contribution in [3.8, 4) is 0 Å². The molecule has 2 heterocycles. The van der Waals surface area contributed by atoms with E-state index in [1.807, 2.05) is 11.8 Å². The third-order valence-corrected chi connectivity index (χ3v) is 4.27. The maximum Gasteiger partial charge on any atom is 0.229 e. The molecule has 0 radical (unpaired) electrons. The fourth-order valence-electron chi connectivity index (χ4n) is 3.29. The summed E-state index contributed by atoms with van der Waals surface area (Å²) in [6, 6.07) is 0. The van der Waals surface area contributed by atoms with Crippen molar-refractivity contribution in [3.63, 3.8) is 0 Å². The van der Waals surface area contributed by atoms with Gasteiger partial charge in [-0.15, -0.1) is 0 Å². The minimum absolute atomic E-state index is 0.100. The number of amides is 1. The van der Waals surface area contributed by atoms with E-state index in [9.17, 15) is 4.79 Å². The first-order valence-corrected chi connectivity index (χ1v) is 7.30. The number of hydrogen-bond donors (Lipinski definition) is 1. The van der Waals surface area contributed by atoms with Crippen molar-refractivity contribution in [2.24, 2.45) is 5.41 Å². The lowest BCUT2D eigenvalue weighted by molar-refractivity contribution is -0.151. The molecule has 0 bridgehead atoms. The van der Waals surface area contributed by atoms with Crippen molar-refractivity contribution in [3.05, 3.63) is 0 Å². The Bertz CT molecular complexity index is 282. The van der Waals surface area contributed by atoms with Gasteiger partial charge in [0.25, 0.3) is 0 Å². The summed E-state index contributed by atoms with van der Waals surface area (Å²) >= 11 is 0. The number of nitrogens with zero attached hydrogens (tertiary/aromatic N) is 1. The van der Waals surface area contributed by atoms with Crippen LogP contribution in [0.5, 0.6) is 0 Å². The molecule has 2 aliphatic heterocycles. The van der Waals surface area contributed by atoms with E-state index in [4.69, 9.17) is 4.74 Å². The first-order valence-electron chi connectivity index (χ1n) is 7.30. The number of rotatable bonds is 3. The largest absolute Gasteiger partial charge is 0.375 e. The Balaban J connectivity index is 2.07. The molecule has 2 saturated heterocycles. The Morgan fingerprint density at radius 2 is 2.17 bits per heavy atom. The molecule has 1 N–H and O–H groups in total. The molecule has 0 spiro atoms. The van der Waals surface area contributed by atoms with Crippen LogP contribution >= 0.6 is 0 Å². The number of piperidine rings is 1. The van der Waals surface area contributed by atoms with Crippen LogP contribution in [0.25, 0.3) is 0 Å². The zero-order valence-corrected chi connectivity index (χ0v) is 11.7. The smallest absolute Gasteiger partial charge is 0.229 e. The Morgan fingerprint density at radius 1 is 1.44 bits per heavy atom. The van der Waals surface area contributed by atoms with Crippen LogP contribution in [0.15, 0.2) is 0 Å². The van der Waals surface area contributed by atoms with Crippen LogP contribution in [0.1, 0.15) is 39.5 Å². The number of ether oxygens (including phenoxy) is 1. The Labute approximate surface area is 110 Å². The lowest BCUT2D eigenvalue weighted by Gasteiger charge is -2.42. The van der Waals surface area contributed by atoms with E-state index in [1.165, 1.54) is 0 Å². The molecule has 0 saturated carbocycles. The molecule has 0 aromatic rings. The van der Waals surface area contributed by atoms with Crippen LogP contribution in [0.2, 0.25) is 0 Å². The first-order chi connectivity index (χ1) is 8.68. The van der Waals surface area contributed by atoms with Crippen molar-refractivity contribution in [1.82, 2.24) is 10.2 Å². The average Bonchev–Trinajstić information content (AvgIpc) is 2.39. The molecule has 1 atom stereocenters. The second kappa shape index (κ2) is 6.02. The second-order valence-electron chi connectivity index (χ2n) is 5.71. The van der Waals surface area contributed by atoms with E-state index in [0.717, 1.165) is 51.9 Å².